The second-order valence-electron chi connectivity index (χ2n) is 4.45. The zero-order chi connectivity index (χ0) is 12.9. The lowest BCUT2D eigenvalue weighted by molar-refractivity contribution is -0.131. The fraction of sp³-hybridized carbons (Fsp3) is 0.750. The first-order valence-corrected chi connectivity index (χ1v) is 7.88. The molecule has 1 aliphatic rings. The lowest BCUT2D eigenvalue weighted by atomic mass is 10.1. The van der Waals surface area contributed by atoms with E-state index in [-0.39, 0.29) is 17.6 Å². The molecule has 5 heteroatoms. The molecule has 0 aliphatic carbocycles. The van der Waals surface area contributed by atoms with E-state index in [1.165, 1.54) is 5.41 Å². The Morgan fingerprint density at radius 1 is 1.41 bits per heavy atom. The molecule has 0 aromatic rings. The van der Waals surface area contributed by atoms with Crippen LogP contribution in [0.3, 0.4) is 0 Å². The first-order chi connectivity index (χ1) is 7.98. The van der Waals surface area contributed by atoms with Crippen molar-refractivity contribution in [1.29, 1.82) is 0 Å². The van der Waals surface area contributed by atoms with E-state index >= 15 is 0 Å². The molecule has 0 aromatic carbocycles. The summed E-state index contributed by atoms with van der Waals surface area (Å²) in [6.07, 6.45) is 4.01. The SMILES string of the molecule is CCCCN(CC)C(=O)CC1C=CS(=O)(=O)C1. The van der Waals surface area contributed by atoms with Gasteiger partial charge in [0, 0.05) is 30.8 Å². The van der Waals surface area contributed by atoms with Crippen LogP contribution in [-0.4, -0.2) is 38.1 Å². The molecule has 0 aromatic heterocycles. The van der Waals surface area contributed by atoms with Gasteiger partial charge in [0.15, 0.2) is 9.84 Å². The number of rotatable bonds is 6. The maximum Gasteiger partial charge on any atom is 0.223 e. The third-order valence-corrected chi connectivity index (χ3v) is 4.42. The summed E-state index contributed by atoms with van der Waals surface area (Å²) in [6.45, 7) is 5.51. The monoisotopic (exact) mass is 259 g/mol. The summed E-state index contributed by atoms with van der Waals surface area (Å²) in [5.74, 6) is 0.0141. The molecular weight excluding hydrogens is 238 g/mol. The Morgan fingerprint density at radius 3 is 2.59 bits per heavy atom. The van der Waals surface area contributed by atoms with Crippen molar-refractivity contribution in [3.8, 4) is 0 Å². The highest BCUT2D eigenvalue weighted by Crippen LogP contribution is 2.19. The van der Waals surface area contributed by atoms with Crippen LogP contribution < -0.4 is 0 Å². The molecule has 0 saturated heterocycles. The van der Waals surface area contributed by atoms with Crippen molar-refractivity contribution in [2.24, 2.45) is 5.92 Å². The summed E-state index contributed by atoms with van der Waals surface area (Å²) in [4.78, 5) is 13.8. The normalized spacial score (nSPS) is 21.6. The number of amides is 1. The second-order valence-corrected chi connectivity index (χ2v) is 6.38. The molecule has 0 bridgehead atoms. The van der Waals surface area contributed by atoms with E-state index in [0.717, 1.165) is 19.4 Å². The molecule has 1 rings (SSSR count). The Morgan fingerprint density at radius 2 is 2.12 bits per heavy atom. The number of sulfone groups is 1. The Labute approximate surface area is 104 Å². The summed E-state index contributed by atoms with van der Waals surface area (Å²) in [5.41, 5.74) is 0. The summed E-state index contributed by atoms with van der Waals surface area (Å²) in [5, 5.41) is 1.23. The zero-order valence-electron chi connectivity index (χ0n) is 10.6. The van der Waals surface area contributed by atoms with Crippen LogP contribution in [0.2, 0.25) is 0 Å². The van der Waals surface area contributed by atoms with Gasteiger partial charge >= 0.3 is 0 Å². The minimum Gasteiger partial charge on any atom is -0.343 e. The van der Waals surface area contributed by atoms with Crippen LogP contribution in [0.25, 0.3) is 0 Å². The van der Waals surface area contributed by atoms with Gasteiger partial charge in [-0.15, -0.1) is 0 Å². The van der Waals surface area contributed by atoms with Crippen LogP contribution in [0.1, 0.15) is 33.1 Å². The minimum absolute atomic E-state index is 0.0627. The Balaban J connectivity index is 2.46. The third kappa shape index (κ3) is 4.50. The highest BCUT2D eigenvalue weighted by Gasteiger charge is 2.25. The van der Waals surface area contributed by atoms with Crippen molar-refractivity contribution in [3.63, 3.8) is 0 Å². The van der Waals surface area contributed by atoms with Crippen molar-refractivity contribution in [1.82, 2.24) is 4.90 Å². The lowest BCUT2D eigenvalue weighted by Gasteiger charge is -2.21. The van der Waals surface area contributed by atoms with Crippen molar-refractivity contribution in [3.05, 3.63) is 11.5 Å². The predicted octanol–water partition coefficient (Wildman–Crippen LogP) is 1.58. The van der Waals surface area contributed by atoms with Gasteiger partial charge in [-0.05, 0) is 13.3 Å². The van der Waals surface area contributed by atoms with Gasteiger partial charge in [-0.3, -0.25) is 4.79 Å². The molecule has 98 valence electrons. The number of carbonyl (C=O) groups excluding carboxylic acids is 1. The molecule has 1 aliphatic heterocycles. The van der Waals surface area contributed by atoms with Gasteiger partial charge in [-0.25, -0.2) is 8.42 Å². The number of nitrogens with zero attached hydrogens (tertiary/aromatic N) is 1. The molecular formula is C12H21NO3S. The molecule has 0 fully saturated rings. The van der Waals surface area contributed by atoms with Gasteiger partial charge in [-0.1, -0.05) is 19.4 Å². The number of allylic oxidation sites excluding steroid dienone is 1. The van der Waals surface area contributed by atoms with Crippen molar-refractivity contribution in [2.75, 3.05) is 18.8 Å². The third-order valence-electron chi connectivity index (χ3n) is 2.96. The average molecular weight is 259 g/mol. The number of hydrogen-bond acceptors (Lipinski definition) is 3. The van der Waals surface area contributed by atoms with Crippen LogP contribution in [0.15, 0.2) is 11.5 Å². The maximum atomic E-state index is 11.9. The minimum atomic E-state index is -3.04. The summed E-state index contributed by atoms with van der Waals surface area (Å²) < 4.78 is 22.4. The van der Waals surface area contributed by atoms with Crippen molar-refractivity contribution >= 4 is 15.7 Å². The first kappa shape index (κ1) is 14.2. The molecule has 0 spiro atoms. The molecule has 0 N–H and O–H groups in total. The van der Waals surface area contributed by atoms with Crippen molar-refractivity contribution in [2.45, 2.75) is 33.1 Å². The van der Waals surface area contributed by atoms with Gasteiger partial charge in [-0.2, -0.15) is 0 Å². The summed E-state index contributed by atoms with van der Waals surface area (Å²) in [7, 11) is -3.04. The molecule has 0 radical (unpaired) electrons. The molecule has 1 amide bonds. The van der Waals surface area contributed by atoms with E-state index in [9.17, 15) is 13.2 Å². The van der Waals surface area contributed by atoms with Crippen LogP contribution in [0.4, 0.5) is 0 Å². The van der Waals surface area contributed by atoms with Gasteiger partial charge < -0.3 is 4.90 Å². The first-order valence-electron chi connectivity index (χ1n) is 6.17. The second kappa shape index (κ2) is 6.19. The summed E-state index contributed by atoms with van der Waals surface area (Å²) >= 11 is 0. The molecule has 1 atom stereocenters. The van der Waals surface area contributed by atoms with E-state index < -0.39 is 9.84 Å². The Hall–Kier alpha value is -0.840. The van der Waals surface area contributed by atoms with E-state index in [0.29, 0.717) is 13.0 Å². The topological polar surface area (TPSA) is 54.5 Å². The van der Waals surface area contributed by atoms with E-state index in [2.05, 4.69) is 6.92 Å². The van der Waals surface area contributed by atoms with E-state index in [1.54, 1.807) is 6.08 Å². The highest BCUT2D eigenvalue weighted by molar-refractivity contribution is 7.94. The van der Waals surface area contributed by atoms with Crippen LogP contribution in [0.5, 0.6) is 0 Å². The van der Waals surface area contributed by atoms with Crippen LogP contribution >= 0.6 is 0 Å². The fourth-order valence-electron chi connectivity index (χ4n) is 1.93. The van der Waals surface area contributed by atoms with Gasteiger partial charge in [0.2, 0.25) is 5.91 Å². The highest BCUT2D eigenvalue weighted by atomic mass is 32.2. The quantitative estimate of drug-likeness (QED) is 0.728. The smallest absolute Gasteiger partial charge is 0.223 e. The van der Waals surface area contributed by atoms with Crippen LogP contribution in [-0.2, 0) is 14.6 Å². The zero-order valence-corrected chi connectivity index (χ0v) is 11.4. The Kier molecular flexibility index (Phi) is 5.18. The van der Waals surface area contributed by atoms with Gasteiger partial charge in [0.1, 0.15) is 0 Å². The van der Waals surface area contributed by atoms with E-state index in [1.807, 2.05) is 11.8 Å². The van der Waals surface area contributed by atoms with Crippen LogP contribution in [0, 0.1) is 5.92 Å². The largest absolute Gasteiger partial charge is 0.343 e. The fourth-order valence-corrected chi connectivity index (χ4v) is 3.33. The standard InChI is InChI=1S/C12H21NO3S/c1-3-5-7-13(4-2)12(14)9-11-6-8-17(15,16)10-11/h6,8,11H,3-5,7,9-10H2,1-2H3. The molecule has 1 heterocycles. The number of hydrogen-bond donors (Lipinski definition) is 0. The Bertz CT molecular complexity index is 387. The van der Waals surface area contributed by atoms with Crippen molar-refractivity contribution < 1.29 is 13.2 Å². The molecule has 17 heavy (non-hydrogen) atoms. The maximum absolute atomic E-state index is 11.9. The average Bonchev–Trinajstić information content (AvgIpc) is 2.59. The lowest BCUT2D eigenvalue weighted by Crippen LogP contribution is -2.33. The number of carbonyl (C=O) groups is 1. The molecule has 4 nitrogen and oxygen atoms in total. The molecule has 0 saturated carbocycles. The molecule has 1 unspecified atom stereocenters. The summed E-state index contributed by atoms with van der Waals surface area (Å²) in [6, 6.07) is 0. The van der Waals surface area contributed by atoms with Gasteiger partial charge in [0.05, 0.1) is 5.75 Å². The number of unbranched alkanes of at least 4 members (excludes halogenated alkanes) is 1. The van der Waals surface area contributed by atoms with Gasteiger partial charge in [0.25, 0.3) is 0 Å². The van der Waals surface area contributed by atoms with E-state index in [4.69, 9.17) is 0 Å². The predicted molar refractivity (Wildman–Crippen MR) is 68.2 cm³/mol.